The summed E-state index contributed by atoms with van der Waals surface area (Å²) in [5.41, 5.74) is 0.230. The van der Waals surface area contributed by atoms with Crippen LogP contribution in [0.3, 0.4) is 0 Å². The molecule has 1 fully saturated rings. The maximum atomic E-state index is 3.61. The third-order valence-corrected chi connectivity index (χ3v) is 4.80. The molecule has 3 heteroatoms. The second-order valence-corrected chi connectivity index (χ2v) is 8.68. The zero-order chi connectivity index (χ0) is 13.1. The highest BCUT2D eigenvalue weighted by atomic mass is 32.2. The van der Waals surface area contributed by atoms with Crippen LogP contribution in [-0.4, -0.2) is 46.6 Å². The van der Waals surface area contributed by atoms with Gasteiger partial charge in [0.05, 0.1) is 0 Å². The van der Waals surface area contributed by atoms with E-state index in [1.807, 2.05) is 0 Å². The Morgan fingerprint density at radius 3 is 2.53 bits per heavy atom. The average Bonchev–Trinajstić information content (AvgIpc) is 2.35. The molecule has 0 aromatic heterocycles. The minimum atomic E-state index is 0.230. The summed E-state index contributed by atoms with van der Waals surface area (Å²) < 4.78 is 0.464. The number of hydrogen-bond acceptors (Lipinski definition) is 3. The first-order valence-electron chi connectivity index (χ1n) is 6.83. The molecular weight excluding hydrogens is 228 g/mol. The van der Waals surface area contributed by atoms with Crippen molar-refractivity contribution >= 4 is 11.8 Å². The minimum Gasteiger partial charge on any atom is -0.311 e. The van der Waals surface area contributed by atoms with Crippen LogP contribution in [0.4, 0.5) is 0 Å². The Balaban J connectivity index is 2.39. The van der Waals surface area contributed by atoms with Gasteiger partial charge in [-0.2, -0.15) is 11.8 Å². The summed E-state index contributed by atoms with van der Waals surface area (Å²) in [6, 6.07) is 0.642. The summed E-state index contributed by atoms with van der Waals surface area (Å²) in [6.45, 7) is 17.4. The molecule has 1 saturated heterocycles. The van der Waals surface area contributed by atoms with E-state index >= 15 is 0 Å². The Labute approximate surface area is 112 Å². The summed E-state index contributed by atoms with van der Waals surface area (Å²) >= 11 is 2.12. The van der Waals surface area contributed by atoms with Crippen molar-refractivity contribution in [3.8, 4) is 0 Å². The van der Waals surface area contributed by atoms with Crippen LogP contribution in [0.2, 0.25) is 0 Å². The molecule has 1 aliphatic rings. The molecule has 1 atom stereocenters. The van der Waals surface area contributed by atoms with Gasteiger partial charge in [0, 0.05) is 35.2 Å². The van der Waals surface area contributed by atoms with Crippen molar-refractivity contribution in [3.63, 3.8) is 0 Å². The average molecular weight is 258 g/mol. The third kappa shape index (κ3) is 6.12. The van der Waals surface area contributed by atoms with Gasteiger partial charge in [-0.3, -0.25) is 4.90 Å². The van der Waals surface area contributed by atoms with E-state index in [1.165, 1.54) is 25.3 Å². The first-order valence-corrected chi connectivity index (χ1v) is 7.81. The van der Waals surface area contributed by atoms with E-state index in [9.17, 15) is 0 Å². The van der Waals surface area contributed by atoms with Gasteiger partial charge >= 0.3 is 0 Å². The van der Waals surface area contributed by atoms with Gasteiger partial charge in [0.15, 0.2) is 0 Å². The van der Waals surface area contributed by atoms with Gasteiger partial charge in [-0.1, -0.05) is 13.8 Å². The summed E-state index contributed by atoms with van der Waals surface area (Å²) in [5, 5.41) is 3.61. The van der Waals surface area contributed by atoms with E-state index in [2.05, 4.69) is 63.5 Å². The molecule has 2 nitrogen and oxygen atoms in total. The van der Waals surface area contributed by atoms with Gasteiger partial charge in [0.25, 0.3) is 0 Å². The second kappa shape index (κ2) is 5.94. The molecule has 0 bridgehead atoms. The maximum absolute atomic E-state index is 3.61. The summed E-state index contributed by atoms with van der Waals surface area (Å²) in [5.74, 6) is 1.27. The predicted octanol–water partition coefficient (Wildman–Crippen LogP) is 2.98. The smallest absolute Gasteiger partial charge is 0.0192 e. The van der Waals surface area contributed by atoms with Gasteiger partial charge in [0.1, 0.15) is 0 Å². The lowest BCUT2D eigenvalue weighted by molar-refractivity contribution is 0.202. The molecule has 0 radical (unpaired) electrons. The molecule has 1 rings (SSSR count). The molecule has 0 saturated carbocycles. The van der Waals surface area contributed by atoms with Crippen molar-refractivity contribution in [2.24, 2.45) is 0 Å². The molecule has 1 aliphatic heterocycles. The summed E-state index contributed by atoms with van der Waals surface area (Å²) in [7, 11) is 0. The number of thioether (sulfide) groups is 1. The van der Waals surface area contributed by atoms with Crippen molar-refractivity contribution in [2.75, 3.05) is 25.4 Å². The maximum Gasteiger partial charge on any atom is 0.0192 e. The fourth-order valence-corrected chi connectivity index (χ4v) is 3.17. The van der Waals surface area contributed by atoms with Gasteiger partial charge in [-0.15, -0.1) is 0 Å². The number of rotatable bonds is 3. The molecule has 102 valence electrons. The zero-order valence-corrected chi connectivity index (χ0v) is 13.3. The van der Waals surface area contributed by atoms with Crippen LogP contribution in [0.15, 0.2) is 0 Å². The van der Waals surface area contributed by atoms with Gasteiger partial charge in [0.2, 0.25) is 0 Å². The summed E-state index contributed by atoms with van der Waals surface area (Å²) in [4.78, 5) is 2.64. The Morgan fingerprint density at radius 1 is 1.29 bits per heavy atom. The molecule has 0 aromatic carbocycles. The van der Waals surface area contributed by atoms with E-state index < -0.39 is 0 Å². The van der Waals surface area contributed by atoms with Crippen LogP contribution in [0.5, 0.6) is 0 Å². The minimum absolute atomic E-state index is 0.230. The molecule has 1 heterocycles. The Kier molecular flexibility index (Phi) is 5.36. The summed E-state index contributed by atoms with van der Waals surface area (Å²) in [6.07, 6.45) is 1.30. The van der Waals surface area contributed by atoms with Crippen LogP contribution >= 0.6 is 11.8 Å². The molecule has 0 spiro atoms. The lowest BCUT2D eigenvalue weighted by Gasteiger charge is -2.31. The SMILES string of the molecule is CC(CNC(C)(C)C)N1CCSC(C)(C)CC1. The molecule has 1 N–H and O–H groups in total. The van der Waals surface area contributed by atoms with Crippen LogP contribution in [0.25, 0.3) is 0 Å². The quantitative estimate of drug-likeness (QED) is 0.838. The van der Waals surface area contributed by atoms with Crippen molar-refractivity contribution in [2.45, 2.75) is 64.3 Å². The van der Waals surface area contributed by atoms with Gasteiger partial charge in [-0.25, -0.2) is 0 Å². The number of nitrogens with zero attached hydrogens (tertiary/aromatic N) is 1. The first kappa shape index (κ1) is 15.3. The monoisotopic (exact) mass is 258 g/mol. The largest absolute Gasteiger partial charge is 0.311 e. The number of hydrogen-bond donors (Lipinski definition) is 1. The Hall–Kier alpha value is 0.270. The lowest BCUT2D eigenvalue weighted by Crippen LogP contribution is -2.47. The van der Waals surface area contributed by atoms with Crippen LogP contribution in [0.1, 0.15) is 48.0 Å². The topological polar surface area (TPSA) is 15.3 Å². The van der Waals surface area contributed by atoms with Crippen molar-refractivity contribution in [1.29, 1.82) is 0 Å². The highest BCUT2D eigenvalue weighted by Gasteiger charge is 2.26. The first-order chi connectivity index (χ1) is 7.70. The van der Waals surface area contributed by atoms with Crippen molar-refractivity contribution in [3.05, 3.63) is 0 Å². The zero-order valence-electron chi connectivity index (χ0n) is 12.5. The van der Waals surface area contributed by atoms with Gasteiger partial charge in [-0.05, 0) is 40.7 Å². The standard InChI is InChI=1S/C14H30N2S/c1-12(11-15-13(2,3)4)16-8-7-14(5,6)17-10-9-16/h12,15H,7-11H2,1-6H3. The van der Waals surface area contributed by atoms with Gasteiger partial charge < -0.3 is 5.32 Å². The lowest BCUT2D eigenvalue weighted by atomic mass is 10.1. The van der Waals surface area contributed by atoms with E-state index in [0.29, 0.717) is 10.8 Å². The predicted molar refractivity (Wildman–Crippen MR) is 79.9 cm³/mol. The van der Waals surface area contributed by atoms with E-state index in [1.54, 1.807) is 0 Å². The molecule has 0 aliphatic carbocycles. The van der Waals surface area contributed by atoms with E-state index in [0.717, 1.165) is 6.54 Å². The number of nitrogens with one attached hydrogen (secondary N) is 1. The molecule has 0 amide bonds. The van der Waals surface area contributed by atoms with E-state index in [-0.39, 0.29) is 5.54 Å². The van der Waals surface area contributed by atoms with Crippen molar-refractivity contribution < 1.29 is 0 Å². The van der Waals surface area contributed by atoms with Crippen LogP contribution in [-0.2, 0) is 0 Å². The second-order valence-electron chi connectivity index (χ2n) is 6.87. The highest BCUT2D eigenvalue weighted by molar-refractivity contribution is 8.00. The Bertz CT molecular complexity index is 233. The molecular formula is C14H30N2S. The Morgan fingerprint density at radius 2 is 1.94 bits per heavy atom. The van der Waals surface area contributed by atoms with Crippen LogP contribution in [0, 0.1) is 0 Å². The molecule has 17 heavy (non-hydrogen) atoms. The molecule has 0 aromatic rings. The highest BCUT2D eigenvalue weighted by Crippen LogP contribution is 2.31. The third-order valence-electron chi connectivity index (χ3n) is 3.42. The molecule has 1 unspecified atom stereocenters. The van der Waals surface area contributed by atoms with Crippen molar-refractivity contribution in [1.82, 2.24) is 10.2 Å². The van der Waals surface area contributed by atoms with E-state index in [4.69, 9.17) is 0 Å². The van der Waals surface area contributed by atoms with Crippen LogP contribution < -0.4 is 5.32 Å². The normalized spacial score (nSPS) is 24.4. The fraction of sp³-hybridized carbons (Fsp3) is 1.00. The fourth-order valence-electron chi connectivity index (χ4n) is 2.06.